The van der Waals surface area contributed by atoms with Gasteiger partial charge in [0.05, 0.1) is 5.69 Å². The molecule has 0 amide bonds. The number of pyridine rings is 1. The van der Waals surface area contributed by atoms with Gasteiger partial charge in [-0.2, -0.15) is 0 Å². The molecule has 4 nitrogen and oxygen atoms in total. The van der Waals surface area contributed by atoms with E-state index in [1.807, 2.05) is 24.4 Å². The minimum atomic E-state index is 0.328. The highest BCUT2D eigenvalue weighted by Crippen LogP contribution is 2.23. The van der Waals surface area contributed by atoms with Crippen molar-refractivity contribution in [1.82, 2.24) is 10.3 Å². The molecule has 0 unspecified atom stereocenters. The first-order chi connectivity index (χ1) is 11.3. The van der Waals surface area contributed by atoms with Gasteiger partial charge in [-0.05, 0) is 48.6 Å². The van der Waals surface area contributed by atoms with Gasteiger partial charge in [0.25, 0.3) is 0 Å². The molecule has 3 rings (SSSR count). The molecule has 1 aromatic carbocycles. The predicted octanol–water partition coefficient (Wildman–Crippen LogP) is 2.58. The Morgan fingerprint density at radius 1 is 1.04 bits per heavy atom. The van der Waals surface area contributed by atoms with Crippen molar-refractivity contribution in [1.29, 1.82) is 0 Å². The summed E-state index contributed by atoms with van der Waals surface area (Å²) in [6.07, 6.45) is 4.00. The van der Waals surface area contributed by atoms with Gasteiger partial charge in [-0.15, -0.1) is 0 Å². The summed E-state index contributed by atoms with van der Waals surface area (Å²) in [7, 11) is 0. The van der Waals surface area contributed by atoms with E-state index in [1.165, 1.54) is 11.3 Å². The molecular weight excluding hydrogens is 286 g/mol. The van der Waals surface area contributed by atoms with E-state index in [9.17, 15) is 5.11 Å². The highest BCUT2D eigenvalue weighted by Gasteiger charge is 2.18. The van der Waals surface area contributed by atoms with E-state index in [-0.39, 0.29) is 0 Å². The molecule has 2 N–H and O–H groups in total. The molecule has 1 saturated heterocycles. The Balaban J connectivity index is 1.47. The molecular formula is C19H25N3O. The van der Waals surface area contributed by atoms with Crippen molar-refractivity contribution in [3.63, 3.8) is 0 Å². The molecule has 0 radical (unpaired) electrons. The molecule has 0 aliphatic carbocycles. The lowest BCUT2D eigenvalue weighted by Gasteiger charge is -2.33. The second-order valence-electron chi connectivity index (χ2n) is 6.20. The van der Waals surface area contributed by atoms with Crippen LogP contribution in [0.15, 0.2) is 48.7 Å². The number of nitrogens with one attached hydrogen (secondary N) is 1. The van der Waals surface area contributed by atoms with Gasteiger partial charge in [0.1, 0.15) is 0 Å². The Bertz CT molecular complexity index is 577. The molecule has 1 aliphatic heterocycles. The fraction of sp³-hybridized carbons (Fsp3) is 0.421. The summed E-state index contributed by atoms with van der Waals surface area (Å²) in [5.74, 6) is 0.487. The molecule has 122 valence electrons. The zero-order chi connectivity index (χ0) is 15.9. The lowest BCUT2D eigenvalue weighted by atomic mass is 9.97. The first kappa shape index (κ1) is 16.0. The summed E-state index contributed by atoms with van der Waals surface area (Å²) in [6.45, 7) is 4.06. The van der Waals surface area contributed by atoms with Crippen molar-refractivity contribution < 1.29 is 5.11 Å². The zero-order valence-corrected chi connectivity index (χ0v) is 13.5. The molecule has 1 fully saturated rings. The largest absolute Gasteiger partial charge is 0.396 e. The van der Waals surface area contributed by atoms with Crippen LogP contribution >= 0.6 is 0 Å². The lowest BCUT2D eigenvalue weighted by molar-refractivity contribution is 0.203. The molecule has 0 atom stereocenters. The van der Waals surface area contributed by atoms with E-state index in [2.05, 4.69) is 39.5 Å². The van der Waals surface area contributed by atoms with Gasteiger partial charge in [0.2, 0.25) is 0 Å². The van der Waals surface area contributed by atoms with Crippen molar-refractivity contribution in [2.45, 2.75) is 25.9 Å². The zero-order valence-electron chi connectivity index (χ0n) is 13.5. The summed E-state index contributed by atoms with van der Waals surface area (Å²) in [4.78, 5) is 6.73. The van der Waals surface area contributed by atoms with Gasteiger partial charge in [-0.25, -0.2) is 0 Å². The van der Waals surface area contributed by atoms with Crippen molar-refractivity contribution in [3.8, 4) is 0 Å². The number of rotatable bonds is 6. The van der Waals surface area contributed by atoms with Crippen molar-refractivity contribution in [3.05, 3.63) is 59.9 Å². The average Bonchev–Trinajstić information content (AvgIpc) is 2.63. The van der Waals surface area contributed by atoms with Crippen molar-refractivity contribution >= 4 is 5.69 Å². The van der Waals surface area contributed by atoms with Crippen LogP contribution in [-0.2, 0) is 13.1 Å². The standard InChI is InChI=1S/C19H25N3O/c23-15-17-8-11-22(12-9-17)19-6-4-16(5-7-19)13-20-14-18-3-1-2-10-21-18/h1-7,10,17,20,23H,8-9,11-15H2. The van der Waals surface area contributed by atoms with E-state index in [0.29, 0.717) is 12.5 Å². The Kier molecular flexibility index (Phi) is 5.61. The summed E-state index contributed by atoms with van der Waals surface area (Å²) in [6, 6.07) is 14.8. The molecule has 1 aliphatic rings. The molecule has 1 aromatic heterocycles. The third kappa shape index (κ3) is 4.53. The maximum atomic E-state index is 9.22. The molecule has 4 heteroatoms. The van der Waals surface area contributed by atoms with E-state index in [0.717, 1.165) is 44.7 Å². The maximum Gasteiger partial charge on any atom is 0.0541 e. The van der Waals surface area contributed by atoms with Gasteiger partial charge >= 0.3 is 0 Å². The number of hydrogen-bond acceptors (Lipinski definition) is 4. The first-order valence-corrected chi connectivity index (χ1v) is 8.40. The Hall–Kier alpha value is -1.91. The van der Waals surface area contributed by atoms with Crippen LogP contribution in [0.3, 0.4) is 0 Å². The van der Waals surface area contributed by atoms with Crippen LogP contribution < -0.4 is 10.2 Å². The summed E-state index contributed by atoms with van der Waals surface area (Å²) >= 11 is 0. The number of aliphatic hydroxyl groups excluding tert-OH is 1. The van der Waals surface area contributed by atoms with Crippen LogP contribution in [0.25, 0.3) is 0 Å². The third-order valence-corrected chi connectivity index (χ3v) is 4.54. The fourth-order valence-electron chi connectivity index (χ4n) is 3.04. The minimum Gasteiger partial charge on any atom is -0.396 e. The minimum absolute atomic E-state index is 0.328. The van der Waals surface area contributed by atoms with Crippen LogP contribution in [-0.4, -0.2) is 29.8 Å². The highest BCUT2D eigenvalue weighted by atomic mass is 16.3. The maximum absolute atomic E-state index is 9.22. The van der Waals surface area contributed by atoms with Crippen LogP contribution in [0.1, 0.15) is 24.1 Å². The second kappa shape index (κ2) is 8.09. The summed E-state index contributed by atoms with van der Waals surface area (Å²) in [5.41, 5.74) is 3.64. The highest BCUT2D eigenvalue weighted by molar-refractivity contribution is 5.48. The predicted molar refractivity (Wildman–Crippen MR) is 93.2 cm³/mol. The van der Waals surface area contributed by atoms with Crippen molar-refractivity contribution in [2.24, 2.45) is 5.92 Å². The number of piperidine rings is 1. The van der Waals surface area contributed by atoms with Gasteiger partial charge in [-0.1, -0.05) is 18.2 Å². The third-order valence-electron chi connectivity index (χ3n) is 4.54. The Morgan fingerprint density at radius 3 is 2.48 bits per heavy atom. The van der Waals surface area contributed by atoms with E-state index in [1.54, 1.807) is 0 Å². The number of hydrogen-bond donors (Lipinski definition) is 2. The number of aromatic nitrogens is 1. The summed E-state index contributed by atoms with van der Waals surface area (Å²) < 4.78 is 0. The normalized spacial score (nSPS) is 15.8. The lowest BCUT2D eigenvalue weighted by Crippen LogP contribution is -2.34. The van der Waals surface area contributed by atoms with Crippen LogP contribution in [0.4, 0.5) is 5.69 Å². The quantitative estimate of drug-likeness (QED) is 0.861. The topological polar surface area (TPSA) is 48.4 Å². The Morgan fingerprint density at radius 2 is 1.83 bits per heavy atom. The van der Waals surface area contributed by atoms with Gasteiger partial charge in [-0.3, -0.25) is 4.98 Å². The van der Waals surface area contributed by atoms with Gasteiger partial charge in [0.15, 0.2) is 0 Å². The van der Waals surface area contributed by atoms with E-state index in [4.69, 9.17) is 0 Å². The van der Waals surface area contributed by atoms with Crippen molar-refractivity contribution in [2.75, 3.05) is 24.6 Å². The van der Waals surface area contributed by atoms with E-state index >= 15 is 0 Å². The number of anilines is 1. The fourth-order valence-corrected chi connectivity index (χ4v) is 3.04. The second-order valence-corrected chi connectivity index (χ2v) is 6.20. The number of nitrogens with zero attached hydrogens (tertiary/aromatic N) is 2. The monoisotopic (exact) mass is 311 g/mol. The molecule has 23 heavy (non-hydrogen) atoms. The number of benzene rings is 1. The van der Waals surface area contributed by atoms with Crippen LogP contribution in [0, 0.1) is 5.92 Å². The smallest absolute Gasteiger partial charge is 0.0541 e. The van der Waals surface area contributed by atoms with Crippen LogP contribution in [0.2, 0.25) is 0 Å². The SMILES string of the molecule is OCC1CCN(c2ccc(CNCc3ccccn3)cc2)CC1. The molecule has 2 heterocycles. The Labute approximate surface area is 138 Å². The van der Waals surface area contributed by atoms with Crippen LogP contribution in [0.5, 0.6) is 0 Å². The number of aliphatic hydroxyl groups is 1. The van der Waals surface area contributed by atoms with Gasteiger partial charge < -0.3 is 15.3 Å². The summed E-state index contributed by atoms with van der Waals surface area (Å²) in [5, 5.41) is 12.6. The first-order valence-electron chi connectivity index (χ1n) is 8.40. The van der Waals surface area contributed by atoms with E-state index < -0.39 is 0 Å². The molecule has 0 saturated carbocycles. The van der Waals surface area contributed by atoms with Gasteiger partial charge in [0, 0.05) is 44.7 Å². The molecule has 2 aromatic rings. The molecule has 0 spiro atoms. The molecule has 0 bridgehead atoms. The average molecular weight is 311 g/mol.